The van der Waals surface area contributed by atoms with Crippen LogP contribution in [0.3, 0.4) is 0 Å². The minimum atomic E-state index is 0.835. The van der Waals surface area contributed by atoms with Crippen molar-refractivity contribution in [3.63, 3.8) is 0 Å². The standard InChI is InChI=1S/C17H26N4/c1-2-11-21(12-14-7-9-18-10-8-14)13-17-19-15-5-3-4-6-16(15)20-17/h3-6,14,18H,2,7-13H2,1H3,(H,19,20). The number of nitrogens with one attached hydrogen (secondary N) is 2. The summed E-state index contributed by atoms with van der Waals surface area (Å²) in [6.45, 7) is 7.90. The second-order valence-electron chi connectivity index (χ2n) is 6.13. The molecule has 21 heavy (non-hydrogen) atoms. The topological polar surface area (TPSA) is 44.0 Å². The van der Waals surface area contributed by atoms with Gasteiger partial charge in [0, 0.05) is 6.54 Å². The Kier molecular flexibility index (Phi) is 4.88. The van der Waals surface area contributed by atoms with Crippen LogP contribution in [0.2, 0.25) is 0 Å². The van der Waals surface area contributed by atoms with Gasteiger partial charge in [-0.05, 0) is 56.9 Å². The molecule has 0 amide bonds. The van der Waals surface area contributed by atoms with Gasteiger partial charge in [0.05, 0.1) is 17.6 Å². The highest BCUT2D eigenvalue weighted by Gasteiger charge is 2.17. The zero-order valence-corrected chi connectivity index (χ0v) is 12.9. The van der Waals surface area contributed by atoms with Crippen molar-refractivity contribution in [3.05, 3.63) is 30.1 Å². The molecule has 4 heteroatoms. The average Bonchev–Trinajstić information content (AvgIpc) is 2.90. The summed E-state index contributed by atoms with van der Waals surface area (Å²) in [6, 6.07) is 8.28. The molecule has 0 radical (unpaired) electrons. The summed E-state index contributed by atoms with van der Waals surface area (Å²) in [4.78, 5) is 10.7. The van der Waals surface area contributed by atoms with Crippen molar-refractivity contribution in [1.29, 1.82) is 0 Å². The van der Waals surface area contributed by atoms with Gasteiger partial charge in [-0.25, -0.2) is 4.98 Å². The lowest BCUT2D eigenvalue weighted by Gasteiger charge is -2.29. The van der Waals surface area contributed by atoms with Gasteiger partial charge in [-0.1, -0.05) is 19.1 Å². The highest BCUT2D eigenvalue weighted by molar-refractivity contribution is 5.74. The second-order valence-corrected chi connectivity index (χ2v) is 6.13. The van der Waals surface area contributed by atoms with E-state index in [1.165, 1.54) is 38.9 Å². The van der Waals surface area contributed by atoms with Gasteiger partial charge in [0.2, 0.25) is 0 Å². The van der Waals surface area contributed by atoms with Gasteiger partial charge in [0.15, 0.2) is 0 Å². The van der Waals surface area contributed by atoms with Crippen molar-refractivity contribution in [2.24, 2.45) is 5.92 Å². The third kappa shape index (κ3) is 3.83. The number of aromatic amines is 1. The third-order valence-electron chi connectivity index (χ3n) is 4.33. The molecule has 1 aliphatic rings. The maximum absolute atomic E-state index is 4.72. The lowest BCUT2D eigenvalue weighted by molar-refractivity contribution is 0.195. The van der Waals surface area contributed by atoms with Crippen molar-refractivity contribution in [3.8, 4) is 0 Å². The van der Waals surface area contributed by atoms with E-state index in [0.29, 0.717) is 0 Å². The smallest absolute Gasteiger partial charge is 0.121 e. The van der Waals surface area contributed by atoms with Crippen LogP contribution in [0.25, 0.3) is 11.0 Å². The van der Waals surface area contributed by atoms with Crippen LogP contribution >= 0.6 is 0 Å². The predicted molar refractivity (Wildman–Crippen MR) is 87.3 cm³/mol. The molecule has 4 nitrogen and oxygen atoms in total. The molecule has 1 aromatic heterocycles. The van der Waals surface area contributed by atoms with E-state index in [0.717, 1.165) is 35.9 Å². The van der Waals surface area contributed by atoms with Crippen molar-refractivity contribution in [2.45, 2.75) is 32.7 Å². The molecule has 2 aromatic rings. The van der Waals surface area contributed by atoms with Crippen LogP contribution < -0.4 is 5.32 Å². The van der Waals surface area contributed by atoms with Crippen LogP contribution in [-0.2, 0) is 6.54 Å². The largest absolute Gasteiger partial charge is 0.341 e. The van der Waals surface area contributed by atoms with Crippen LogP contribution in [-0.4, -0.2) is 41.0 Å². The molecule has 2 N–H and O–H groups in total. The van der Waals surface area contributed by atoms with Gasteiger partial charge in [-0.2, -0.15) is 0 Å². The zero-order valence-electron chi connectivity index (χ0n) is 12.9. The highest BCUT2D eigenvalue weighted by atomic mass is 15.1. The van der Waals surface area contributed by atoms with E-state index < -0.39 is 0 Å². The fourth-order valence-corrected chi connectivity index (χ4v) is 3.27. The monoisotopic (exact) mass is 286 g/mol. The molecule has 0 spiro atoms. The van der Waals surface area contributed by atoms with E-state index in [9.17, 15) is 0 Å². The number of H-pyrrole nitrogens is 1. The molecule has 1 fully saturated rings. The molecule has 0 atom stereocenters. The van der Waals surface area contributed by atoms with E-state index in [-0.39, 0.29) is 0 Å². The molecule has 1 aromatic carbocycles. The summed E-state index contributed by atoms with van der Waals surface area (Å²) >= 11 is 0. The molecule has 1 aliphatic heterocycles. The molecule has 1 saturated heterocycles. The lowest BCUT2D eigenvalue weighted by atomic mass is 9.97. The zero-order chi connectivity index (χ0) is 14.5. The molecule has 2 heterocycles. The Morgan fingerprint density at radius 3 is 2.81 bits per heavy atom. The number of aromatic nitrogens is 2. The normalized spacial score (nSPS) is 16.9. The minimum absolute atomic E-state index is 0.835. The van der Waals surface area contributed by atoms with Crippen LogP contribution in [0, 0.1) is 5.92 Å². The van der Waals surface area contributed by atoms with E-state index in [1.807, 2.05) is 6.07 Å². The first-order valence-corrected chi connectivity index (χ1v) is 8.22. The van der Waals surface area contributed by atoms with Crippen molar-refractivity contribution < 1.29 is 0 Å². The molecule has 0 unspecified atom stereocenters. The molecule has 0 bridgehead atoms. The second kappa shape index (κ2) is 7.05. The first-order valence-electron chi connectivity index (χ1n) is 8.22. The lowest BCUT2D eigenvalue weighted by Crippen LogP contribution is -2.36. The number of fused-ring (bicyclic) bond motifs is 1. The SMILES string of the molecule is CCCN(Cc1nc2ccccc2[nH]1)CC1CCNCC1. The Morgan fingerprint density at radius 1 is 1.24 bits per heavy atom. The summed E-state index contributed by atoms with van der Waals surface area (Å²) in [7, 11) is 0. The van der Waals surface area contributed by atoms with Crippen molar-refractivity contribution in [1.82, 2.24) is 20.2 Å². The van der Waals surface area contributed by atoms with E-state index in [1.54, 1.807) is 0 Å². The summed E-state index contributed by atoms with van der Waals surface area (Å²) in [6.07, 6.45) is 3.81. The fraction of sp³-hybridized carbons (Fsp3) is 0.588. The Hall–Kier alpha value is -1.39. The number of hydrogen-bond acceptors (Lipinski definition) is 3. The Morgan fingerprint density at radius 2 is 2.05 bits per heavy atom. The number of benzene rings is 1. The average molecular weight is 286 g/mol. The van der Waals surface area contributed by atoms with Crippen molar-refractivity contribution in [2.75, 3.05) is 26.2 Å². The number of para-hydroxylation sites is 2. The third-order valence-corrected chi connectivity index (χ3v) is 4.33. The quantitative estimate of drug-likeness (QED) is 0.858. The number of hydrogen-bond donors (Lipinski definition) is 2. The number of rotatable bonds is 6. The van der Waals surface area contributed by atoms with Gasteiger partial charge in [-0.15, -0.1) is 0 Å². The predicted octanol–water partition coefficient (Wildman–Crippen LogP) is 2.77. The summed E-state index contributed by atoms with van der Waals surface area (Å²) < 4.78 is 0. The molecular formula is C17H26N4. The maximum atomic E-state index is 4.72. The number of nitrogens with zero attached hydrogens (tertiary/aromatic N) is 2. The van der Waals surface area contributed by atoms with Crippen LogP contribution in [0.1, 0.15) is 32.0 Å². The summed E-state index contributed by atoms with van der Waals surface area (Å²) in [5.74, 6) is 1.93. The van der Waals surface area contributed by atoms with Crippen molar-refractivity contribution >= 4 is 11.0 Å². The van der Waals surface area contributed by atoms with Gasteiger partial charge < -0.3 is 10.3 Å². The molecule has 3 rings (SSSR count). The molecule has 0 saturated carbocycles. The Labute approximate surface area is 126 Å². The first-order chi connectivity index (χ1) is 10.3. The Balaban J connectivity index is 1.65. The molecule has 114 valence electrons. The number of imidazole rings is 1. The van der Waals surface area contributed by atoms with Crippen LogP contribution in [0.15, 0.2) is 24.3 Å². The molecular weight excluding hydrogens is 260 g/mol. The fourth-order valence-electron chi connectivity index (χ4n) is 3.27. The molecule has 0 aliphatic carbocycles. The van der Waals surface area contributed by atoms with Crippen LogP contribution in [0.4, 0.5) is 0 Å². The van der Waals surface area contributed by atoms with Crippen LogP contribution in [0.5, 0.6) is 0 Å². The van der Waals surface area contributed by atoms with Gasteiger partial charge in [-0.3, -0.25) is 4.90 Å². The summed E-state index contributed by atoms with van der Waals surface area (Å²) in [5, 5.41) is 3.45. The minimum Gasteiger partial charge on any atom is -0.341 e. The van der Waals surface area contributed by atoms with E-state index >= 15 is 0 Å². The first kappa shape index (κ1) is 14.5. The van der Waals surface area contributed by atoms with Gasteiger partial charge in [0.25, 0.3) is 0 Å². The van der Waals surface area contributed by atoms with Gasteiger partial charge in [0.1, 0.15) is 5.82 Å². The highest BCUT2D eigenvalue weighted by Crippen LogP contribution is 2.16. The maximum Gasteiger partial charge on any atom is 0.121 e. The number of piperidine rings is 1. The van der Waals surface area contributed by atoms with E-state index in [2.05, 4.69) is 40.3 Å². The van der Waals surface area contributed by atoms with Gasteiger partial charge >= 0.3 is 0 Å². The Bertz CT molecular complexity index is 524. The summed E-state index contributed by atoms with van der Waals surface area (Å²) in [5.41, 5.74) is 2.22. The van der Waals surface area contributed by atoms with E-state index in [4.69, 9.17) is 4.98 Å².